The van der Waals surface area contributed by atoms with Crippen molar-refractivity contribution in [3.63, 3.8) is 0 Å². The van der Waals surface area contributed by atoms with E-state index in [-0.39, 0.29) is 5.70 Å². The number of hydrogen-bond donors (Lipinski definition) is 2. The molecule has 0 atom stereocenters. The van der Waals surface area contributed by atoms with Crippen LogP contribution in [0.25, 0.3) is 6.08 Å². The molecule has 0 fully saturated rings. The molecule has 158 valence electrons. The van der Waals surface area contributed by atoms with Crippen molar-refractivity contribution in [2.45, 2.75) is 6.61 Å². The smallest absolute Gasteiger partial charge is 0.352 e. The van der Waals surface area contributed by atoms with Crippen molar-refractivity contribution < 1.29 is 24.2 Å². The number of ether oxygens (including phenoxy) is 2. The number of hydrogen-bond acceptors (Lipinski definition) is 4. The average Bonchev–Trinajstić information content (AvgIpc) is 2.78. The summed E-state index contributed by atoms with van der Waals surface area (Å²) in [5, 5.41) is 12.0. The number of carboxylic acid groups (broad SMARTS) is 1. The second kappa shape index (κ2) is 10.4. The monoisotopic (exact) mass is 481 g/mol. The van der Waals surface area contributed by atoms with Gasteiger partial charge in [0, 0.05) is 5.56 Å². The minimum Gasteiger partial charge on any atom is -0.493 e. The number of carbonyl (C=O) groups is 2. The number of amides is 1. The first-order valence-corrected chi connectivity index (χ1v) is 10.1. The quantitative estimate of drug-likeness (QED) is 0.447. The lowest BCUT2D eigenvalue weighted by atomic mass is 10.1. The summed E-state index contributed by atoms with van der Waals surface area (Å²) in [7, 11) is 1.50. The zero-order valence-corrected chi connectivity index (χ0v) is 18.3. The van der Waals surface area contributed by atoms with Gasteiger partial charge in [-0.1, -0.05) is 48.5 Å². The van der Waals surface area contributed by atoms with E-state index in [1.165, 1.54) is 13.2 Å². The van der Waals surface area contributed by atoms with Crippen LogP contribution >= 0.6 is 15.9 Å². The van der Waals surface area contributed by atoms with E-state index in [1.807, 2.05) is 30.3 Å². The van der Waals surface area contributed by atoms with Gasteiger partial charge in [-0.25, -0.2) is 4.79 Å². The highest BCUT2D eigenvalue weighted by Crippen LogP contribution is 2.37. The Kier molecular flexibility index (Phi) is 7.45. The molecule has 31 heavy (non-hydrogen) atoms. The molecular formula is C24H20BrNO5. The predicted molar refractivity (Wildman–Crippen MR) is 121 cm³/mol. The third-order valence-corrected chi connectivity index (χ3v) is 4.89. The highest BCUT2D eigenvalue weighted by atomic mass is 79.9. The van der Waals surface area contributed by atoms with Gasteiger partial charge in [-0.3, -0.25) is 4.79 Å². The van der Waals surface area contributed by atoms with Crippen LogP contribution in [0.3, 0.4) is 0 Å². The fourth-order valence-corrected chi connectivity index (χ4v) is 3.37. The molecule has 1 amide bonds. The topological polar surface area (TPSA) is 84.9 Å². The molecule has 6 nitrogen and oxygen atoms in total. The number of benzene rings is 3. The van der Waals surface area contributed by atoms with Crippen molar-refractivity contribution in [2.75, 3.05) is 7.11 Å². The van der Waals surface area contributed by atoms with Gasteiger partial charge < -0.3 is 19.9 Å². The van der Waals surface area contributed by atoms with Crippen LogP contribution in [0.5, 0.6) is 11.5 Å². The Bertz CT molecular complexity index is 1100. The molecule has 2 N–H and O–H groups in total. The van der Waals surface area contributed by atoms with Gasteiger partial charge in [-0.2, -0.15) is 0 Å². The van der Waals surface area contributed by atoms with E-state index in [4.69, 9.17) is 9.47 Å². The molecular weight excluding hydrogens is 462 g/mol. The highest BCUT2D eigenvalue weighted by molar-refractivity contribution is 9.10. The van der Waals surface area contributed by atoms with E-state index in [2.05, 4.69) is 21.2 Å². The molecule has 0 saturated carbocycles. The highest BCUT2D eigenvalue weighted by Gasteiger charge is 2.16. The Hall–Kier alpha value is -3.58. The second-order valence-electron chi connectivity index (χ2n) is 6.49. The van der Waals surface area contributed by atoms with Crippen LogP contribution in [0.4, 0.5) is 0 Å². The predicted octanol–water partition coefficient (Wildman–Crippen LogP) is 4.89. The molecule has 0 heterocycles. The summed E-state index contributed by atoms with van der Waals surface area (Å²) in [5.74, 6) is -0.851. The van der Waals surface area contributed by atoms with E-state index in [0.717, 1.165) is 5.56 Å². The number of carbonyl (C=O) groups excluding carboxylic acids is 1. The number of nitrogens with one attached hydrogen (secondary N) is 1. The van der Waals surface area contributed by atoms with Gasteiger partial charge in [0.05, 0.1) is 11.6 Å². The Balaban J connectivity index is 1.84. The second-order valence-corrected chi connectivity index (χ2v) is 7.35. The molecule has 3 rings (SSSR count). The molecule has 3 aromatic rings. The van der Waals surface area contributed by atoms with E-state index < -0.39 is 11.9 Å². The molecule has 0 radical (unpaired) electrons. The molecule has 0 saturated heterocycles. The molecule has 0 aromatic heterocycles. The first-order chi connectivity index (χ1) is 15.0. The van der Waals surface area contributed by atoms with Crippen LogP contribution in [0.1, 0.15) is 21.5 Å². The third-order valence-electron chi connectivity index (χ3n) is 4.30. The summed E-state index contributed by atoms with van der Waals surface area (Å²) in [6.45, 7) is 0.346. The van der Waals surface area contributed by atoms with Gasteiger partial charge in [0.25, 0.3) is 5.91 Å². The summed E-state index contributed by atoms with van der Waals surface area (Å²) in [6, 6.07) is 21.4. The van der Waals surface area contributed by atoms with E-state index in [9.17, 15) is 14.7 Å². The Morgan fingerprint density at radius 3 is 2.29 bits per heavy atom. The fourth-order valence-electron chi connectivity index (χ4n) is 2.79. The summed E-state index contributed by atoms with van der Waals surface area (Å²) < 4.78 is 11.9. The lowest BCUT2D eigenvalue weighted by Gasteiger charge is -2.14. The van der Waals surface area contributed by atoms with Crippen LogP contribution in [0.2, 0.25) is 0 Å². The van der Waals surface area contributed by atoms with Gasteiger partial charge >= 0.3 is 5.97 Å². The number of aliphatic carboxylic acids is 1. The molecule has 7 heteroatoms. The average molecular weight is 482 g/mol. The van der Waals surface area contributed by atoms with Crippen molar-refractivity contribution in [1.29, 1.82) is 0 Å². The zero-order valence-electron chi connectivity index (χ0n) is 16.7. The van der Waals surface area contributed by atoms with Crippen LogP contribution in [0, 0.1) is 0 Å². The Morgan fingerprint density at radius 1 is 1.03 bits per heavy atom. The Labute approximate surface area is 188 Å². The van der Waals surface area contributed by atoms with Crippen LogP contribution < -0.4 is 14.8 Å². The van der Waals surface area contributed by atoms with E-state index in [0.29, 0.717) is 33.7 Å². The summed E-state index contributed by atoms with van der Waals surface area (Å²) in [6.07, 6.45) is 1.36. The number of methoxy groups -OCH3 is 1. The van der Waals surface area contributed by atoms with E-state index >= 15 is 0 Å². The third kappa shape index (κ3) is 5.96. The largest absolute Gasteiger partial charge is 0.493 e. The van der Waals surface area contributed by atoms with Gasteiger partial charge in [0.15, 0.2) is 11.5 Å². The van der Waals surface area contributed by atoms with Crippen molar-refractivity contribution in [3.05, 3.63) is 99.7 Å². The number of halogens is 1. The molecule has 0 bridgehead atoms. The number of carboxylic acids is 1. The summed E-state index contributed by atoms with van der Waals surface area (Å²) in [5.41, 5.74) is 1.61. The van der Waals surface area contributed by atoms with Crippen molar-refractivity contribution in [2.24, 2.45) is 0 Å². The van der Waals surface area contributed by atoms with Crippen molar-refractivity contribution in [1.82, 2.24) is 5.32 Å². The van der Waals surface area contributed by atoms with Crippen LogP contribution in [-0.2, 0) is 11.4 Å². The lowest BCUT2D eigenvalue weighted by molar-refractivity contribution is -0.132. The van der Waals surface area contributed by atoms with Gasteiger partial charge in [-0.15, -0.1) is 0 Å². The zero-order chi connectivity index (χ0) is 22.2. The molecule has 0 aliphatic rings. The van der Waals surface area contributed by atoms with Gasteiger partial charge in [0.1, 0.15) is 12.3 Å². The van der Waals surface area contributed by atoms with Gasteiger partial charge in [-0.05, 0) is 57.4 Å². The molecule has 0 aliphatic heterocycles. The van der Waals surface area contributed by atoms with Gasteiger partial charge in [0.2, 0.25) is 0 Å². The molecule has 3 aromatic carbocycles. The van der Waals surface area contributed by atoms with Crippen LogP contribution in [-0.4, -0.2) is 24.1 Å². The maximum Gasteiger partial charge on any atom is 0.352 e. The lowest BCUT2D eigenvalue weighted by Crippen LogP contribution is -2.27. The number of rotatable bonds is 8. The SMILES string of the molecule is COc1cc(C=C(NC(=O)c2ccccc2)C(=O)O)cc(Br)c1OCc1ccccc1. The standard InChI is InChI=1S/C24H20BrNO5/c1-30-21-14-17(12-19(25)22(21)31-15-16-8-4-2-5-9-16)13-20(24(28)29)26-23(27)18-10-6-3-7-11-18/h2-14H,15H2,1H3,(H,26,27)(H,28,29). The summed E-state index contributed by atoms with van der Waals surface area (Å²) >= 11 is 3.46. The first-order valence-electron chi connectivity index (χ1n) is 9.33. The van der Waals surface area contributed by atoms with E-state index in [1.54, 1.807) is 42.5 Å². The fraction of sp³-hybridized carbons (Fsp3) is 0.0833. The minimum atomic E-state index is -1.26. The molecule has 0 aliphatic carbocycles. The first kappa shape index (κ1) is 22.1. The van der Waals surface area contributed by atoms with Crippen molar-refractivity contribution >= 4 is 33.9 Å². The normalized spacial score (nSPS) is 11.0. The minimum absolute atomic E-state index is 0.263. The Morgan fingerprint density at radius 2 is 1.68 bits per heavy atom. The summed E-state index contributed by atoms with van der Waals surface area (Å²) in [4.78, 5) is 24.0. The van der Waals surface area contributed by atoms with Crippen molar-refractivity contribution in [3.8, 4) is 11.5 Å². The maximum absolute atomic E-state index is 12.3. The van der Waals surface area contributed by atoms with Crippen LogP contribution in [0.15, 0.2) is 83.0 Å². The maximum atomic E-state index is 12.3. The molecule has 0 spiro atoms. The molecule has 0 unspecified atom stereocenters.